The van der Waals surface area contributed by atoms with Crippen molar-refractivity contribution in [3.8, 4) is 0 Å². The lowest BCUT2D eigenvalue weighted by Gasteiger charge is -2.07. The van der Waals surface area contributed by atoms with Crippen LogP contribution in [0.1, 0.15) is 5.56 Å². The van der Waals surface area contributed by atoms with E-state index in [9.17, 15) is 4.79 Å². The standard InChI is InChI=1S/C11H13BrO3S/c1-15-11(14)10(12)7-16-9-4-2-8(6-13)3-5-9/h2-5,10,13H,6-7H2,1H3. The summed E-state index contributed by atoms with van der Waals surface area (Å²) >= 11 is 4.82. The van der Waals surface area contributed by atoms with E-state index in [0.29, 0.717) is 5.75 Å². The number of thioether (sulfide) groups is 1. The summed E-state index contributed by atoms with van der Waals surface area (Å²) in [6.45, 7) is 0.0498. The second-order valence-electron chi connectivity index (χ2n) is 3.10. The number of hydrogen-bond acceptors (Lipinski definition) is 4. The number of carbonyl (C=O) groups is 1. The Balaban J connectivity index is 2.45. The van der Waals surface area contributed by atoms with E-state index >= 15 is 0 Å². The van der Waals surface area contributed by atoms with Gasteiger partial charge in [-0.05, 0) is 17.7 Å². The monoisotopic (exact) mass is 304 g/mol. The average molecular weight is 305 g/mol. The van der Waals surface area contributed by atoms with Crippen LogP contribution in [0.25, 0.3) is 0 Å². The van der Waals surface area contributed by atoms with E-state index in [0.717, 1.165) is 10.5 Å². The summed E-state index contributed by atoms with van der Waals surface area (Å²) in [5.41, 5.74) is 0.882. The maximum atomic E-state index is 11.1. The van der Waals surface area contributed by atoms with Gasteiger partial charge in [-0.25, -0.2) is 0 Å². The third-order valence-electron chi connectivity index (χ3n) is 1.96. The fourth-order valence-corrected chi connectivity index (χ4v) is 2.44. The zero-order valence-electron chi connectivity index (χ0n) is 8.85. The first-order chi connectivity index (χ1) is 7.67. The molecule has 0 fully saturated rings. The Kier molecular flexibility index (Phi) is 5.87. The van der Waals surface area contributed by atoms with Gasteiger partial charge in [0.15, 0.2) is 0 Å². The Morgan fingerprint density at radius 1 is 1.50 bits per heavy atom. The number of esters is 1. The molecule has 1 unspecified atom stereocenters. The van der Waals surface area contributed by atoms with Crippen LogP contribution in [0.5, 0.6) is 0 Å². The molecular formula is C11H13BrO3S. The van der Waals surface area contributed by atoms with Gasteiger partial charge in [-0.2, -0.15) is 0 Å². The normalized spacial score (nSPS) is 12.2. The van der Waals surface area contributed by atoms with Crippen LogP contribution in [0.2, 0.25) is 0 Å². The number of aliphatic hydroxyl groups excluding tert-OH is 1. The highest BCUT2D eigenvalue weighted by Crippen LogP contribution is 2.22. The summed E-state index contributed by atoms with van der Waals surface area (Å²) in [7, 11) is 1.37. The molecule has 0 aliphatic carbocycles. The Hall–Kier alpha value is -0.520. The minimum absolute atomic E-state index is 0.0498. The topological polar surface area (TPSA) is 46.5 Å². The number of carbonyl (C=O) groups excluding carboxylic acids is 1. The molecular weight excluding hydrogens is 292 g/mol. The quantitative estimate of drug-likeness (QED) is 0.515. The second-order valence-corrected chi connectivity index (χ2v) is 5.30. The number of methoxy groups -OCH3 is 1. The van der Waals surface area contributed by atoms with Crippen LogP contribution >= 0.6 is 27.7 Å². The average Bonchev–Trinajstić information content (AvgIpc) is 2.35. The van der Waals surface area contributed by atoms with Crippen molar-refractivity contribution in [2.45, 2.75) is 16.3 Å². The number of hydrogen-bond donors (Lipinski definition) is 1. The zero-order chi connectivity index (χ0) is 12.0. The van der Waals surface area contributed by atoms with Gasteiger partial charge in [-0.15, -0.1) is 11.8 Å². The van der Waals surface area contributed by atoms with Crippen molar-refractivity contribution in [2.75, 3.05) is 12.9 Å². The molecule has 0 aromatic heterocycles. The molecule has 1 aromatic carbocycles. The molecule has 16 heavy (non-hydrogen) atoms. The Morgan fingerprint density at radius 3 is 2.62 bits per heavy atom. The van der Waals surface area contributed by atoms with Gasteiger partial charge in [0.2, 0.25) is 0 Å². The molecule has 0 spiro atoms. The Labute approximate surface area is 107 Å². The highest BCUT2D eigenvalue weighted by molar-refractivity contribution is 9.10. The fraction of sp³-hybridized carbons (Fsp3) is 0.364. The van der Waals surface area contributed by atoms with E-state index in [4.69, 9.17) is 5.11 Å². The summed E-state index contributed by atoms with van der Waals surface area (Å²) in [5.74, 6) is 0.352. The van der Waals surface area contributed by atoms with Crippen LogP contribution in [0, 0.1) is 0 Å². The van der Waals surface area contributed by atoms with E-state index in [1.165, 1.54) is 7.11 Å². The first-order valence-corrected chi connectivity index (χ1v) is 6.62. The number of alkyl halides is 1. The predicted octanol–water partition coefficient (Wildman–Crippen LogP) is 2.21. The van der Waals surface area contributed by atoms with E-state index in [2.05, 4.69) is 20.7 Å². The summed E-state index contributed by atoms with van der Waals surface area (Å²) < 4.78 is 4.60. The lowest BCUT2D eigenvalue weighted by atomic mass is 10.2. The summed E-state index contributed by atoms with van der Waals surface area (Å²) in [5, 5.41) is 8.88. The Morgan fingerprint density at radius 2 is 2.12 bits per heavy atom. The van der Waals surface area contributed by atoms with Crippen LogP contribution in [0.15, 0.2) is 29.2 Å². The van der Waals surface area contributed by atoms with Gasteiger partial charge in [-0.1, -0.05) is 28.1 Å². The van der Waals surface area contributed by atoms with Crippen molar-refractivity contribution in [2.24, 2.45) is 0 Å². The van der Waals surface area contributed by atoms with Crippen molar-refractivity contribution >= 4 is 33.7 Å². The van der Waals surface area contributed by atoms with Crippen molar-refractivity contribution in [1.29, 1.82) is 0 Å². The van der Waals surface area contributed by atoms with Gasteiger partial charge in [0.1, 0.15) is 4.83 Å². The highest BCUT2D eigenvalue weighted by atomic mass is 79.9. The molecule has 0 amide bonds. The van der Waals surface area contributed by atoms with Crippen LogP contribution in [0.4, 0.5) is 0 Å². The van der Waals surface area contributed by atoms with Crippen molar-refractivity contribution < 1.29 is 14.6 Å². The highest BCUT2D eigenvalue weighted by Gasteiger charge is 2.14. The molecule has 0 heterocycles. The third kappa shape index (κ3) is 4.15. The summed E-state index contributed by atoms with van der Waals surface area (Å²) in [6, 6.07) is 7.58. The maximum absolute atomic E-state index is 11.1. The van der Waals surface area contributed by atoms with Crippen molar-refractivity contribution in [3.63, 3.8) is 0 Å². The van der Waals surface area contributed by atoms with Crippen molar-refractivity contribution in [1.82, 2.24) is 0 Å². The summed E-state index contributed by atoms with van der Waals surface area (Å²) in [6.07, 6.45) is 0. The molecule has 5 heteroatoms. The summed E-state index contributed by atoms with van der Waals surface area (Å²) in [4.78, 5) is 11.9. The number of rotatable bonds is 5. The predicted molar refractivity (Wildman–Crippen MR) is 67.8 cm³/mol. The molecule has 1 N–H and O–H groups in total. The maximum Gasteiger partial charge on any atom is 0.320 e. The van der Waals surface area contributed by atoms with Gasteiger partial charge in [0, 0.05) is 10.6 Å². The number of aliphatic hydroxyl groups is 1. The third-order valence-corrected chi connectivity index (χ3v) is 4.19. The molecule has 0 saturated carbocycles. The fourth-order valence-electron chi connectivity index (χ4n) is 1.06. The molecule has 0 radical (unpaired) electrons. The lowest BCUT2D eigenvalue weighted by Crippen LogP contribution is -2.17. The van der Waals surface area contributed by atoms with Gasteiger partial charge < -0.3 is 9.84 Å². The molecule has 0 saturated heterocycles. The minimum Gasteiger partial charge on any atom is -0.468 e. The molecule has 0 aliphatic heterocycles. The van der Waals surface area contributed by atoms with Crippen LogP contribution in [-0.2, 0) is 16.1 Å². The minimum atomic E-state index is -0.292. The SMILES string of the molecule is COC(=O)C(Br)CSc1ccc(CO)cc1. The van der Waals surface area contributed by atoms with E-state index in [-0.39, 0.29) is 17.4 Å². The van der Waals surface area contributed by atoms with Gasteiger partial charge in [0.05, 0.1) is 13.7 Å². The van der Waals surface area contributed by atoms with Crippen LogP contribution in [-0.4, -0.2) is 28.8 Å². The van der Waals surface area contributed by atoms with E-state index < -0.39 is 0 Å². The molecule has 1 aromatic rings. The molecule has 0 aliphatic rings. The van der Waals surface area contributed by atoms with E-state index in [1.54, 1.807) is 11.8 Å². The first-order valence-electron chi connectivity index (χ1n) is 4.72. The van der Waals surface area contributed by atoms with Gasteiger partial charge in [-0.3, -0.25) is 4.79 Å². The first kappa shape index (κ1) is 13.5. The van der Waals surface area contributed by atoms with Crippen LogP contribution < -0.4 is 0 Å². The molecule has 0 bridgehead atoms. The lowest BCUT2D eigenvalue weighted by molar-refractivity contribution is -0.139. The molecule has 1 atom stereocenters. The number of ether oxygens (including phenoxy) is 1. The Bertz CT molecular complexity index is 340. The van der Waals surface area contributed by atoms with Crippen LogP contribution in [0.3, 0.4) is 0 Å². The molecule has 1 rings (SSSR count). The number of halogens is 1. The molecule has 3 nitrogen and oxygen atoms in total. The van der Waals surface area contributed by atoms with Crippen molar-refractivity contribution in [3.05, 3.63) is 29.8 Å². The smallest absolute Gasteiger partial charge is 0.320 e. The number of benzene rings is 1. The second kappa shape index (κ2) is 6.93. The van der Waals surface area contributed by atoms with E-state index in [1.807, 2.05) is 24.3 Å². The zero-order valence-corrected chi connectivity index (χ0v) is 11.3. The van der Waals surface area contributed by atoms with Gasteiger partial charge in [0.25, 0.3) is 0 Å². The largest absolute Gasteiger partial charge is 0.468 e. The molecule has 88 valence electrons. The van der Waals surface area contributed by atoms with Gasteiger partial charge >= 0.3 is 5.97 Å².